The van der Waals surface area contributed by atoms with Gasteiger partial charge in [0.1, 0.15) is 6.04 Å². The van der Waals surface area contributed by atoms with Crippen LogP contribution in [0.25, 0.3) is 0 Å². The Morgan fingerprint density at radius 2 is 1.61 bits per heavy atom. The molecule has 0 aromatic heterocycles. The van der Waals surface area contributed by atoms with Gasteiger partial charge in [0.15, 0.2) is 0 Å². The Bertz CT molecular complexity index is 826. The molecule has 1 fully saturated rings. The van der Waals surface area contributed by atoms with Crippen molar-refractivity contribution in [1.82, 2.24) is 10.2 Å². The number of nitrogens with one attached hydrogen (secondary N) is 1. The predicted molar refractivity (Wildman–Crippen MR) is 126 cm³/mol. The van der Waals surface area contributed by atoms with Crippen molar-refractivity contribution >= 4 is 11.8 Å². The van der Waals surface area contributed by atoms with Gasteiger partial charge in [0, 0.05) is 19.0 Å². The summed E-state index contributed by atoms with van der Waals surface area (Å²) in [4.78, 5) is 28.2. The highest BCUT2D eigenvalue weighted by molar-refractivity contribution is 5.88. The summed E-state index contributed by atoms with van der Waals surface area (Å²) in [6.07, 6.45) is 6.95. The van der Waals surface area contributed by atoms with Gasteiger partial charge in [-0.05, 0) is 50.2 Å². The number of nitrogens with zero attached hydrogens (tertiary/aromatic N) is 1. The van der Waals surface area contributed by atoms with Crippen molar-refractivity contribution in [3.63, 3.8) is 0 Å². The van der Waals surface area contributed by atoms with Crippen LogP contribution in [-0.4, -0.2) is 35.3 Å². The zero-order chi connectivity index (χ0) is 22.1. The fourth-order valence-corrected chi connectivity index (χ4v) is 4.41. The maximum absolute atomic E-state index is 13.3. The minimum absolute atomic E-state index is 0.00569. The third kappa shape index (κ3) is 6.95. The molecule has 4 nitrogen and oxygen atoms in total. The lowest BCUT2D eigenvalue weighted by Crippen LogP contribution is -2.51. The standard InChI is InChI=1S/C27H36N2O2/c1-3-25(27(31)28-24-11-7-8-12-24)29(20-19-22-9-5-4-6-10-22)26(30)18-17-23-15-13-21(2)14-16-23/h4-6,9-10,13-16,24-25H,3,7-8,11-12,17-20H2,1-2H3,(H,28,31)/t25-/m1/s1. The number of benzene rings is 2. The molecule has 0 saturated heterocycles. The van der Waals surface area contributed by atoms with E-state index in [1.807, 2.05) is 30.0 Å². The van der Waals surface area contributed by atoms with Gasteiger partial charge >= 0.3 is 0 Å². The van der Waals surface area contributed by atoms with Crippen molar-refractivity contribution in [2.45, 2.75) is 77.3 Å². The molecule has 1 atom stereocenters. The molecule has 166 valence electrons. The fourth-order valence-electron chi connectivity index (χ4n) is 4.41. The summed E-state index contributed by atoms with van der Waals surface area (Å²) in [5.41, 5.74) is 3.56. The lowest BCUT2D eigenvalue weighted by molar-refractivity contribution is -0.141. The summed E-state index contributed by atoms with van der Waals surface area (Å²) in [6.45, 7) is 4.63. The number of aryl methyl sites for hydroxylation is 2. The lowest BCUT2D eigenvalue weighted by Gasteiger charge is -2.31. The Balaban J connectivity index is 1.68. The van der Waals surface area contributed by atoms with Crippen molar-refractivity contribution in [1.29, 1.82) is 0 Å². The summed E-state index contributed by atoms with van der Waals surface area (Å²) >= 11 is 0. The van der Waals surface area contributed by atoms with Gasteiger partial charge in [-0.3, -0.25) is 9.59 Å². The van der Waals surface area contributed by atoms with Crippen LogP contribution in [0.2, 0.25) is 0 Å². The van der Waals surface area contributed by atoms with Gasteiger partial charge in [-0.25, -0.2) is 0 Å². The first-order valence-corrected chi connectivity index (χ1v) is 11.8. The summed E-state index contributed by atoms with van der Waals surface area (Å²) in [7, 11) is 0. The molecule has 1 aliphatic rings. The van der Waals surface area contributed by atoms with Crippen LogP contribution in [0.15, 0.2) is 54.6 Å². The molecule has 31 heavy (non-hydrogen) atoms. The van der Waals surface area contributed by atoms with E-state index in [0.29, 0.717) is 25.8 Å². The second-order valence-electron chi connectivity index (χ2n) is 8.72. The summed E-state index contributed by atoms with van der Waals surface area (Å²) < 4.78 is 0. The normalized spacial score (nSPS) is 14.9. The van der Waals surface area contributed by atoms with Crippen molar-refractivity contribution in [3.8, 4) is 0 Å². The minimum Gasteiger partial charge on any atom is -0.352 e. The molecule has 2 aromatic carbocycles. The van der Waals surface area contributed by atoms with Gasteiger partial charge in [-0.2, -0.15) is 0 Å². The first-order chi connectivity index (χ1) is 15.1. The zero-order valence-corrected chi connectivity index (χ0v) is 19.0. The largest absolute Gasteiger partial charge is 0.352 e. The van der Waals surface area contributed by atoms with E-state index in [-0.39, 0.29) is 17.9 Å². The van der Waals surface area contributed by atoms with E-state index in [2.05, 4.69) is 48.6 Å². The predicted octanol–water partition coefficient (Wildman–Crippen LogP) is 4.84. The van der Waals surface area contributed by atoms with Crippen LogP contribution in [0.3, 0.4) is 0 Å². The molecule has 0 unspecified atom stereocenters. The number of rotatable bonds is 10. The van der Waals surface area contributed by atoms with E-state index in [0.717, 1.165) is 24.8 Å². The van der Waals surface area contributed by atoms with Crippen LogP contribution in [0.1, 0.15) is 62.1 Å². The Morgan fingerprint density at radius 3 is 2.26 bits per heavy atom. The summed E-state index contributed by atoms with van der Waals surface area (Å²) in [6, 6.07) is 18.4. The van der Waals surface area contributed by atoms with E-state index < -0.39 is 6.04 Å². The Labute approximate surface area is 187 Å². The molecule has 1 aliphatic carbocycles. The molecule has 0 radical (unpaired) electrons. The maximum Gasteiger partial charge on any atom is 0.243 e. The van der Waals surface area contributed by atoms with Crippen molar-refractivity contribution in [3.05, 3.63) is 71.3 Å². The molecule has 0 bridgehead atoms. The average molecular weight is 421 g/mol. The second-order valence-corrected chi connectivity index (χ2v) is 8.72. The molecule has 3 rings (SSSR count). The van der Waals surface area contributed by atoms with Crippen LogP contribution in [0.5, 0.6) is 0 Å². The van der Waals surface area contributed by atoms with Crippen LogP contribution in [-0.2, 0) is 22.4 Å². The highest BCUT2D eigenvalue weighted by Crippen LogP contribution is 2.19. The molecule has 0 heterocycles. The fraction of sp³-hybridized carbons (Fsp3) is 0.481. The van der Waals surface area contributed by atoms with Gasteiger partial charge in [-0.1, -0.05) is 79.9 Å². The SMILES string of the molecule is CC[C@H](C(=O)NC1CCCC1)N(CCc1ccccc1)C(=O)CCc1ccc(C)cc1. The quantitative estimate of drug-likeness (QED) is 0.598. The molecule has 2 aromatic rings. The third-order valence-corrected chi connectivity index (χ3v) is 6.32. The van der Waals surface area contributed by atoms with E-state index in [4.69, 9.17) is 0 Å². The minimum atomic E-state index is -0.408. The first kappa shape index (κ1) is 23.1. The third-order valence-electron chi connectivity index (χ3n) is 6.32. The lowest BCUT2D eigenvalue weighted by atomic mass is 10.0. The topological polar surface area (TPSA) is 49.4 Å². The molecular weight excluding hydrogens is 384 g/mol. The number of hydrogen-bond donors (Lipinski definition) is 1. The second kappa shape index (κ2) is 11.7. The van der Waals surface area contributed by atoms with Gasteiger partial charge in [-0.15, -0.1) is 0 Å². The van der Waals surface area contributed by atoms with Crippen molar-refractivity contribution in [2.75, 3.05) is 6.54 Å². The molecule has 2 amide bonds. The molecular formula is C27H36N2O2. The van der Waals surface area contributed by atoms with Gasteiger partial charge < -0.3 is 10.2 Å². The van der Waals surface area contributed by atoms with Crippen molar-refractivity contribution in [2.24, 2.45) is 0 Å². The smallest absolute Gasteiger partial charge is 0.243 e. The summed E-state index contributed by atoms with van der Waals surface area (Å²) in [5, 5.41) is 3.21. The van der Waals surface area contributed by atoms with E-state index in [1.54, 1.807) is 0 Å². The Kier molecular flexibility index (Phi) is 8.69. The van der Waals surface area contributed by atoms with Crippen LogP contribution < -0.4 is 5.32 Å². The zero-order valence-electron chi connectivity index (χ0n) is 19.0. The first-order valence-electron chi connectivity index (χ1n) is 11.8. The Morgan fingerprint density at radius 1 is 0.968 bits per heavy atom. The van der Waals surface area contributed by atoms with Crippen LogP contribution >= 0.6 is 0 Å². The van der Waals surface area contributed by atoms with Gasteiger partial charge in [0.05, 0.1) is 0 Å². The maximum atomic E-state index is 13.3. The summed E-state index contributed by atoms with van der Waals surface area (Å²) in [5.74, 6) is 0.0658. The van der Waals surface area contributed by atoms with Gasteiger partial charge in [0.2, 0.25) is 11.8 Å². The molecule has 0 aliphatic heterocycles. The highest BCUT2D eigenvalue weighted by atomic mass is 16.2. The van der Waals surface area contributed by atoms with E-state index in [9.17, 15) is 9.59 Å². The Hall–Kier alpha value is -2.62. The van der Waals surface area contributed by atoms with Gasteiger partial charge in [0.25, 0.3) is 0 Å². The van der Waals surface area contributed by atoms with E-state index in [1.165, 1.54) is 24.0 Å². The average Bonchev–Trinajstić information content (AvgIpc) is 3.29. The van der Waals surface area contributed by atoms with Crippen LogP contribution in [0, 0.1) is 6.92 Å². The highest BCUT2D eigenvalue weighted by Gasteiger charge is 2.30. The number of amides is 2. The number of carbonyl (C=O) groups excluding carboxylic acids is 2. The number of carbonyl (C=O) groups is 2. The monoisotopic (exact) mass is 420 g/mol. The van der Waals surface area contributed by atoms with Crippen molar-refractivity contribution < 1.29 is 9.59 Å². The molecule has 1 N–H and O–H groups in total. The van der Waals surface area contributed by atoms with Crippen LogP contribution in [0.4, 0.5) is 0 Å². The molecule has 1 saturated carbocycles. The van der Waals surface area contributed by atoms with E-state index >= 15 is 0 Å². The molecule has 0 spiro atoms. The molecule has 4 heteroatoms. The number of hydrogen-bond acceptors (Lipinski definition) is 2.